The van der Waals surface area contributed by atoms with E-state index in [1.807, 2.05) is 37.6 Å². The molecule has 16 heavy (non-hydrogen) atoms. The first-order valence-electron chi connectivity index (χ1n) is 5.03. The van der Waals surface area contributed by atoms with Gasteiger partial charge in [-0.25, -0.2) is 9.67 Å². The lowest BCUT2D eigenvalue weighted by Crippen LogP contribution is -2.00. The van der Waals surface area contributed by atoms with Crippen molar-refractivity contribution in [3.05, 3.63) is 41.0 Å². The molecule has 80 valence electrons. The zero-order chi connectivity index (χ0) is 11.7. The predicted octanol–water partition coefficient (Wildman–Crippen LogP) is 2.06. The van der Waals surface area contributed by atoms with Gasteiger partial charge < -0.3 is 0 Å². The van der Waals surface area contributed by atoms with Crippen LogP contribution in [0.25, 0.3) is 5.69 Å². The first-order chi connectivity index (χ1) is 7.63. The van der Waals surface area contributed by atoms with Crippen LogP contribution < -0.4 is 0 Å². The minimum atomic E-state index is 0.405. The maximum absolute atomic E-state index is 8.80. The van der Waals surface area contributed by atoms with Gasteiger partial charge in [0.1, 0.15) is 11.8 Å². The fourth-order valence-electron chi connectivity index (χ4n) is 1.58. The van der Waals surface area contributed by atoms with E-state index in [-0.39, 0.29) is 0 Å². The number of hydrogen-bond donors (Lipinski definition) is 0. The average Bonchev–Trinajstić information content (AvgIpc) is 2.57. The minimum absolute atomic E-state index is 0.405. The van der Waals surface area contributed by atoms with Crippen LogP contribution in [0.1, 0.15) is 22.6 Å². The molecule has 0 radical (unpaired) electrons. The Morgan fingerprint density at radius 1 is 1.31 bits per heavy atom. The van der Waals surface area contributed by atoms with Gasteiger partial charge in [0, 0.05) is 18.0 Å². The summed E-state index contributed by atoms with van der Waals surface area (Å²) in [6.07, 6.45) is 1.62. The Balaban J connectivity index is 2.59. The molecule has 0 amide bonds. The molecule has 0 unspecified atom stereocenters. The molecule has 0 saturated carbocycles. The lowest BCUT2D eigenvalue weighted by molar-refractivity contribution is 0.830. The second kappa shape index (κ2) is 3.78. The van der Waals surface area contributed by atoms with E-state index in [9.17, 15) is 0 Å². The third-order valence-corrected chi connectivity index (χ3v) is 2.76. The van der Waals surface area contributed by atoms with E-state index < -0.39 is 0 Å². The summed E-state index contributed by atoms with van der Waals surface area (Å²) in [5, 5.41) is 13.2. The lowest BCUT2D eigenvalue weighted by Gasteiger charge is -2.03. The van der Waals surface area contributed by atoms with Gasteiger partial charge >= 0.3 is 0 Å². The van der Waals surface area contributed by atoms with Crippen molar-refractivity contribution >= 4 is 0 Å². The topological polar surface area (TPSA) is 54.5 Å². The fraction of sp³-hybridized carbons (Fsp3) is 0.250. The summed E-state index contributed by atoms with van der Waals surface area (Å²) in [5.41, 5.74) is 4.55. The van der Waals surface area contributed by atoms with Crippen molar-refractivity contribution in [2.24, 2.45) is 0 Å². The van der Waals surface area contributed by atoms with Gasteiger partial charge in [0.15, 0.2) is 0 Å². The molecule has 0 aromatic carbocycles. The fourth-order valence-corrected chi connectivity index (χ4v) is 1.58. The van der Waals surface area contributed by atoms with Crippen molar-refractivity contribution in [1.82, 2.24) is 14.8 Å². The molecule has 2 aromatic rings. The van der Waals surface area contributed by atoms with Gasteiger partial charge in [-0.1, -0.05) is 0 Å². The Morgan fingerprint density at radius 3 is 2.62 bits per heavy atom. The average molecular weight is 212 g/mol. The molecule has 0 bridgehead atoms. The summed E-state index contributed by atoms with van der Waals surface area (Å²) >= 11 is 0. The maximum Gasteiger partial charge on any atom is 0.142 e. The summed E-state index contributed by atoms with van der Waals surface area (Å²) in [6, 6.07) is 5.61. The molecule has 2 aromatic heterocycles. The molecule has 0 fully saturated rings. The molecule has 0 aliphatic carbocycles. The maximum atomic E-state index is 8.80. The monoisotopic (exact) mass is 212 g/mol. The molecule has 0 aliphatic heterocycles. The second-order valence-electron chi connectivity index (χ2n) is 3.72. The van der Waals surface area contributed by atoms with Crippen molar-refractivity contribution in [3.63, 3.8) is 0 Å². The molecule has 0 atom stereocenters. The van der Waals surface area contributed by atoms with Crippen LogP contribution in [0.5, 0.6) is 0 Å². The van der Waals surface area contributed by atoms with Crippen LogP contribution in [0.15, 0.2) is 18.3 Å². The second-order valence-corrected chi connectivity index (χ2v) is 3.72. The molecule has 0 aliphatic rings. The molecule has 0 N–H and O–H groups in total. The number of nitriles is 1. The summed E-state index contributed by atoms with van der Waals surface area (Å²) in [4.78, 5) is 3.94. The normalized spacial score (nSPS) is 10.1. The summed E-state index contributed by atoms with van der Waals surface area (Å²) < 4.78 is 1.84. The molecule has 0 spiro atoms. The van der Waals surface area contributed by atoms with Gasteiger partial charge in [0.2, 0.25) is 0 Å². The van der Waals surface area contributed by atoms with E-state index in [1.165, 1.54) is 5.56 Å². The quantitative estimate of drug-likeness (QED) is 0.727. The summed E-state index contributed by atoms with van der Waals surface area (Å²) in [6.45, 7) is 6.04. The highest BCUT2D eigenvalue weighted by atomic mass is 15.3. The van der Waals surface area contributed by atoms with Gasteiger partial charge in [-0.15, -0.1) is 0 Å². The van der Waals surface area contributed by atoms with Crippen LogP contribution in [0, 0.1) is 32.1 Å². The molecule has 4 heteroatoms. The Bertz CT molecular complexity index is 575. The Morgan fingerprint density at radius 2 is 2.06 bits per heavy atom. The SMILES string of the molecule is Cc1nn(-c2ccnc(C#N)c2)c(C)c1C. The van der Waals surface area contributed by atoms with Crippen molar-refractivity contribution in [3.8, 4) is 11.8 Å². The molecular weight excluding hydrogens is 200 g/mol. The number of pyridine rings is 1. The molecule has 2 rings (SSSR count). The Kier molecular flexibility index (Phi) is 2.45. The van der Waals surface area contributed by atoms with Crippen molar-refractivity contribution in [1.29, 1.82) is 5.26 Å². The highest BCUT2D eigenvalue weighted by molar-refractivity contribution is 5.39. The van der Waals surface area contributed by atoms with E-state index >= 15 is 0 Å². The third kappa shape index (κ3) is 1.57. The first kappa shape index (κ1) is 10.4. The lowest BCUT2D eigenvalue weighted by atomic mass is 10.2. The Labute approximate surface area is 94.2 Å². The smallest absolute Gasteiger partial charge is 0.142 e. The van der Waals surface area contributed by atoms with Crippen LogP contribution in [0.4, 0.5) is 0 Å². The van der Waals surface area contributed by atoms with Crippen LogP contribution >= 0.6 is 0 Å². The number of nitrogens with zero attached hydrogens (tertiary/aromatic N) is 4. The van der Waals surface area contributed by atoms with Crippen LogP contribution in [-0.2, 0) is 0 Å². The van der Waals surface area contributed by atoms with Gasteiger partial charge in [-0.05, 0) is 32.4 Å². The van der Waals surface area contributed by atoms with E-state index in [2.05, 4.69) is 10.1 Å². The largest absolute Gasteiger partial charge is 0.245 e. The molecular formula is C12H12N4. The van der Waals surface area contributed by atoms with Crippen molar-refractivity contribution < 1.29 is 0 Å². The van der Waals surface area contributed by atoms with E-state index in [4.69, 9.17) is 5.26 Å². The zero-order valence-electron chi connectivity index (χ0n) is 9.52. The third-order valence-electron chi connectivity index (χ3n) is 2.76. The molecule has 2 heterocycles. The molecule has 4 nitrogen and oxygen atoms in total. The first-order valence-corrected chi connectivity index (χ1v) is 5.03. The minimum Gasteiger partial charge on any atom is -0.245 e. The van der Waals surface area contributed by atoms with Crippen molar-refractivity contribution in [2.45, 2.75) is 20.8 Å². The summed E-state index contributed by atoms with van der Waals surface area (Å²) in [7, 11) is 0. The zero-order valence-corrected chi connectivity index (χ0v) is 9.52. The van der Waals surface area contributed by atoms with Crippen LogP contribution in [0.2, 0.25) is 0 Å². The van der Waals surface area contributed by atoms with E-state index in [0.29, 0.717) is 5.69 Å². The van der Waals surface area contributed by atoms with Gasteiger partial charge in [0.05, 0.1) is 11.4 Å². The highest BCUT2D eigenvalue weighted by Gasteiger charge is 2.09. The number of aromatic nitrogens is 3. The van der Waals surface area contributed by atoms with Gasteiger partial charge in [-0.3, -0.25) is 0 Å². The van der Waals surface area contributed by atoms with Crippen molar-refractivity contribution in [2.75, 3.05) is 0 Å². The van der Waals surface area contributed by atoms with Crippen LogP contribution in [-0.4, -0.2) is 14.8 Å². The Hall–Kier alpha value is -2.15. The number of rotatable bonds is 1. The van der Waals surface area contributed by atoms with Crippen LogP contribution in [0.3, 0.4) is 0 Å². The van der Waals surface area contributed by atoms with E-state index in [1.54, 1.807) is 12.3 Å². The van der Waals surface area contributed by atoms with E-state index in [0.717, 1.165) is 17.1 Å². The highest BCUT2D eigenvalue weighted by Crippen LogP contribution is 2.16. The number of aryl methyl sites for hydroxylation is 1. The molecule has 0 saturated heterocycles. The number of hydrogen-bond acceptors (Lipinski definition) is 3. The summed E-state index contributed by atoms with van der Waals surface area (Å²) in [5.74, 6) is 0. The predicted molar refractivity (Wildman–Crippen MR) is 60.3 cm³/mol. The van der Waals surface area contributed by atoms with Gasteiger partial charge in [0.25, 0.3) is 0 Å². The standard InChI is InChI=1S/C12H12N4/c1-8-9(2)15-16(10(8)3)12-4-5-14-11(6-12)7-13/h4-6H,1-3H3. The van der Waals surface area contributed by atoms with Gasteiger partial charge in [-0.2, -0.15) is 10.4 Å².